The number of aromatic nitrogens is 2. The van der Waals surface area contributed by atoms with Crippen LogP contribution in [0, 0.1) is 12.7 Å². The van der Waals surface area contributed by atoms with Crippen LogP contribution in [0.3, 0.4) is 0 Å². The molecule has 0 saturated heterocycles. The zero-order chi connectivity index (χ0) is 23.8. The predicted molar refractivity (Wildman–Crippen MR) is 124 cm³/mol. The van der Waals surface area contributed by atoms with E-state index in [0.717, 1.165) is 39.0 Å². The number of nitrogens with one attached hydrogen (secondary N) is 2. The number of aromatic amines is 1. The van der Waals surface area contributed by atoms with Crippen LogP contribution >= 0.6 is 0 Å². The van der Waals surface area contributed by atoms with Crippen LogP contribution in [0.25, 0.3) is 22.0 Å². The van der Waals surface area contributed by atoms with Crippen molar-refractivity contribution in [3.63, 3.8) is 0 Å². The highest BCUT2D eigenvalue weighted by Gasteiger charge is 2.05. The van der Waals surface area contributed by atoms with Crippen LogP contribution in [0.4, 0.5) is 4.39 Å². The minimum Gasteiger partial charge on any atom is -0.492 e. The molecule has 8 nitrogen and oxygen atoms in total. The van der Waals surface area contributed by atoms with E-state index in [2.05, 4.69) is 21.4 Å². The second kappa shape index (κ2) is 11.0. The maximum absolute atomic E-state index is 13.4. The molecule has 0 amide bonds. The lowest BCUT2D eigenvalue weighted by Crippen LogP contribution is -2.20. The molecule has 174 valence electrons. The molecule has 0 fully saturated rings. The molecule has 33 heavy (non-hydrogen) atoms. The highest BCUT2D eigenvalue weighted by atomic mass is 32.3. The van der Waals surface area contributed by atoms with Gasteiger partial charge < -0.3 is 15.0 Å². The highest BCUT2D eigenvalue weighted by molar-refractivity contribution is 7.79. The van der Waals surface area contributed by atoms with Crippen LogP contribution in [-0.4, -0.2) is 40.6 Å². The lowest BCUT2D eigenvalue weighted by molar-refractivity contribution is 0.317. The summed E-state index contributed by atoms with van der Waals surface area (Å²) in [6.07, 6.45) is 3.57. The van der Waals surface area contributed by atoms with Gasteiger partial charge in [0.15, 0.2) is 0 Å². The maximum Gasteiger partial charge on any atom is 0.394 e. The zero-order valence-corrected chi connectivity index (χ0v) is 18.6. The van der Waals surface area contributed by atoms with E-state index >= 15 is 0 Å². The van der Waals surface area contributed by atoms with E-state index < -0.39 is 10.4 Å². The number of H-pyrrole nitrogens is 1. The Morgan fingerprint density at radius 1 is 1.06 bits per heavy atom. The first-order valence-electron chi connectivity index (χ1n) is 10.0. The van der Waals surface area contributed by atoms with Crippen molar-refractivity contribution in [1.29, 1.82) is 0 Å². The van der Waals surface area contributed by atoms with Gasteiger partial charge >= 0.3 is 10.4 Å². The SMILES string of the molecule is Cc1cc2c(OCCNCc3cncc(-c4cccc(F)c4)c3)cccc2[nH]1.O=S(=O)(O)O. The van der Waals surface area contributed by atoms with Crippen LogP contribution in [-0.2, 0) is 16.9 Å². The Morgan fingerprint density at radius 2 is 1.82 bits per heavy atom. The van der Waals surface area contributed by atoms with Gasteiger partial charge in [-0.2, -0.15) is 8.42 Å². The molecule has 4 aromatic rings. The predicted octanol–water partition coefficient (Wildman–Crippen LogP) is 4.19. The van der Waals surface area contributed by atoms with Crippen LogP contribution in [0.15, 0.2) is 67.0 Å². The smallest absolute Gasteiger partial charge is 0.394 e. The number of hydrogen-bond donors (Lipinski definition) is 4. The Hall–Kier alpha value is -3.31. The van der Waals surface area contributed by atoms with Crippen molar-refractivity contribution in [3.05, 3.63) is 84.1 Å². The summed E-state index contributed by atoms with van der Waals surface area (Å²) in [5.74, 6) is 0.643. The molecular weight excluding hydrogens is 449 g/mol. The van der Waals surface area contributed by atoms with Gasteiger partial charge in [0.25, 0.3) is 0 Å². The topological polar surface area (TPSA) is 125 Å². The first kappa shape index (κ1) is 24.3. The monoisotopic (exact) mass is 473 g/mol. The summed E-state index contributed by atoms with van der Waals surface area (Å²) in [4.78, 5) is 7.59. The van der Waals surface area contributed by atoms with Crippen molar-refractivity contribution in [2.75, 3.05) is 13.2 Å². The Kier molecular flexibility index (Phi) is 8.12. The third-order valence-electron chi connectivity index (χ3n) is 4.58. The van der Waals surface area contributed by atoms with Crippen molar-refractivity contribution < 1.29 is 26.7 Å². The molecule has 0 aliphatic heterocycles. The summed E-state index contributed by atoms with van der Waals surface area (Å²) in [6.45, 7) is 3.99. The van der Waals surface area contributed by atoms with Crippen LogP contribution in [0.1, 0.15) is 11.3 Å². The number of nitrogens with zero attached hydrogens (tertiary/aromatic N) is 1. The standard InChI is InChI=1S/C23H22FN3O.H2O4S/c1-16-10-21-22(27-16)6-3-7-23(21)28-9-8-25-13-17-11-19(15-26-14-17)18-4-2-5-20(24)12-18;1-5(2,3)4/h2-7,10-12,14-15,25,27H,8-9,13H2,1H3;(H2,1,2,3,4). The number of fused-ring (bicyclic) bond motifs is 1. The highest BCUT2D eigenvalue weighted by Crippen LogP contribution is 2.26. The molecule has 0 saturated carbocycles. The Bertz CT molecular complexity index is 1320. The molecular formula is C23H24FN3O5S. The van der Waals surface area contributed by atoms with E-state index in [1.165, 1.54) is 12.1 Å². The molecule has 0 aliphatic rings. The Labute approximate surface area is 191 Å². The number of pyridine rings is 1. The first-order valence-corrected chi connectivity index (χ1v) is 11.4. The van der Waals surface area contributed by atoms with E-state index in [0.29, 0.717) is 19.7 Å². The minimum absolute atomic E-state index is 0.245. The van der Waals surface area contributed by atoms with Gasteiger partial charge in [0.05, 0.1) is 0 Å². The average Bonchev–Trinajstić information content (AvgIpc) is 3.13. The summed E-state index contributed by atoms with van der Waals surface area (Å²) >= 11 is 0. The van der Waals surface area contributed by atoms with Crippen molar-refractivity contribution in [3.8, 4) is 16.9 Å². The molecule has 0 unspecified atom stereocenters. The van der Waals surface area contributed by atoms with E-state index in [1.54, 1.807) is 12.3 Å². The molecule has 2 aromatic carbocycles. The quantitative estimate of drug-likeness (QED) is 0.234. The van der Waals surface area contributed by atoms with Gasteiger partial charge in [-0.3, -0.25) is 14.1 Å². The van der Waals surface area contributed by atoms with Crippen molar-refractivity contribution in [1.82, 2.24) is 15.3 Å². The number of aryl methyl sites for hydroxylation is 1. The van der Waals surface area contributed by atoms with Gasteiger partial charge in [0.1, 0.15) is 18.2 Å². The third kappa shape index (κ3) is 7.95. The maximum atomic E-state index is 13.4. The lowest BCUT2D eigenvalue weighted by Gasteiger charge is -2.09. The molecule has 2 heterocycles. The second-order valence-electron chi connectivity index (χ2n) is 7.24. The van der Waals surface area contributed by atoms with E-state index in [1.807, 2.05) is 43.5 Å². The number of benzene rings is 2. The van der Waals surface area contributed by atoms with Crippen molar-refractivity contribution in [2.24, 2.45) is 0 Å². The molecule has 0 radical (unpaired) electrons. The van der Waals surface area contributed by atoms with Gasteiger partial charge in [-0.05, 0) is 54.4 Å². The molecule has 10 heteroatoms. The average molecular weight is 474 g/mol. The van der Waals surface area contributed by atoms with Crippen molar-refractivity contribution >= 4 is 21.3 Å². The number of rotatable bonds is 7. The number of ether oxygens (including phenoxy) is 1. The summed E-state index contributed by atoms with van der Waals surface area (Å²) in [6, 6.07) is 16.7. The van der Waals surface area contributed by atoms with Gasteiger partial charge in [0.2, 0.25) is 0 Å². The Balaban J connectivity index is 0.000000555. The third-order valence-corrected chi connectivity index (χ3v) is 4.58. The van der Waals surface area contributed by atoms with E-state index in [4.69, 9.17) is 22.3 Å². The fourth-order valence-corrected chi connectivity index (χ4v) is 3.27. The number of hydrogen-bond acceptors (Lipinski definition) is 5. The van der Waals surface area contributed by atoms with Gasteiger partial charge in [0, 0.05) is 47.6 Å². The van der Waals surface area contributed by atoms with Crippen molar-refractivity contribution in [2.45, 2.75) is 13.5 Å². The van der Waals surface area contributed by atoms with Crippen LogP contribution < -0.4 is 10.1 Å². The van der Waals surface area contributed by atoms with E-state index in [-0.39, 0.29) is 5.82 Å². The normalized spacial score (nSPS) is 11.2. The molecule has 0 atom stereocenters. The largest absolute Gasteiger partial charge is 0.492 e. The van der Waals surface area contributed by atoms with Gasteiger partial charge in [-0.15, -0.1) is 0 Å². The fraction of sp³-hybridized carbons (Fsp3) is 0.174. The van der Waals surface area contributed by atoms with Crippen LogP contribution in [0.2, 0.25) is 0 Å². The molecule has 4 rings (SSSR count). The lowest BCUT2D eigenvalue weighted by atomic mass is 10.1. The first-order chi connectivity index (χ1) is 15.7. The second-order valence-corrected chi connectivity index (χ2v) is 8.13. The molecule has 0 spiro atoms. The summed E-state index contributed by atoms with van der Waals surface area (Å²) in [5, 5.41) is 4.47. The molecule has 4 N–H and O–H groups in total. The fourth-order valence-electron chi connectivity index (χ4n) is 3.27. The van der Waals surface area contributed by atoms with Crippen LogP contribution in [0.5, 0.6) is 5.75 Å². The minimum atomic E-state index is -4.67. The summed E-state index contributed by atoms with van der Waals surface area (Å²) in [5.41, 5.74) is 4.99. The number of halogens is 1. The van der Waals surface area contributed by atoms with Gasteiger partial charge in [-0.1, -0.05) is 18.2 Å². The Morgan fingerprint density at radius 3 is 2.58 bits per heavy atom. The molecule has 0 aliphatic carbocycles. The van der Waals surface area contributed by atoms with E-state index in [9.17, 15) is 4.39 Å². The molecule has 0 bridgehead atoms. The summed E-state index contributed by atoms with van der Waals surface area (Å²) < 4.78 is 51.0. The summed E-state index contributed by atoms with van der Waals surface area (Å²) in [7, 11) is -4.67. The zero-order valence-electron chi connectivity index (χ0n) is 17.8. The van der Waals surface area contributed by atoms with Gasteiger partial charge in [-0.25, -0.2) is 4.39 Å². The molecule has 2 aromatic heterocycles.